The lowest BCUT2D eigenvalue weighted by atomic mass is 9.98. The zero-order valence-electron chi connectivity index (χ0n) is 13.9. The van der Waals surface area contributed by atoms with E-state index in [0.29, 0.717) is 18.7 Å². The third kappa shape index (κ3) is 4.83. The Morgan fingerprint density at radius 3 is 2.64 bits per heavy atom. The summed E-state index contributed by atoms with van der Waals surface area (Å²) in [4.78, 5) is 1.56. The second-order valence-corrected chi connectivity index (χ2v) is 8.61. The molecule has 1 N–H and O–H groups in total. The van der Waals surface area contributed by atoms with Crippen LogP contribution in [0.15, 0.2) is 29.2 Å². The van der Waals surface area contributed by atoms with Gasteiger partial charge in [-0.15, -0.1) is 0 Å². The maximum absolute atomic E-state index is 12.9. The van der Waals surface area contributed by atoms with Gasteiger partial charge in [0.15, 0.2) is 5.11 Å². The number of alkyl halides is 3. The van der Waals surface area contributed by atoms with Crippen LogP contribution in [-0.4, -0.2) is 56.1 Å². The van der Waals surface area contributed by atoms with Crippen LogP contribution in [0.3, 0.4) is 0 Å². The van der Waals surface area contributed by atoms with Crippen molar-refractivity contribution in [3.8, 4) is 0 Å². The Labute approximate surface area is 150 Å². The predicted molar refractivity (Wildman–Crippen MR) is 93.9 cm³/mol. The fraction of sp³-hybridized carbons (Fsp3) is 0.533. The lowest BCUT2D eigenvalue weighted by molar-refractivity contribution is -0.183. The van der Waals surface area contributed by atoms with E-state index in [2.05, 4.69) is 5.32 Å². The van der Waals surface area contributed by atoms with Gasteiger partial charge in [0.1, 0.15) is 0 Å². The SMILES string of the molecule is CN(C)S(=O)(=O)c1cccc(NC(=S)N2CCCC(C(F)(F)F)C2)c1. The molecule has 1 saturated heterocycles. The van der Waals surface area contributed by atoms with Crippen LogP contribution in [0.2, 0.25) is 0 Å². The molecule has 1 fully saturated rings. The van der Waals surface area contributed by atoms with Crippen LogP contribution in [-0.2, 0) is 10.0 Å². The number of benzene rings is 1. The molecule has 1 heterocycles. The van der Waals surface area contributed by atoms with E-state index in [1.54, 1.807) is 12.1 Å². The molecule has 0 saturated carbocycles. The molecule has 1 aromatic carbocycles. The number of nitrogens with zero attached hydrogens (tertiary/aromatic N) is 2. The van der Waals surface area contributed by atoms with E-state index in [1.165, 1.54) is 31.1 Å². The molecule has 5 nitrogen and oxygen atoms in total. The molecule has 10 heteroatoms. The second kappa shape index (κ2) is 7.46. The first kappa shape index (κ1) is 19.9. The molecule has 1 aromatic rings. The van der Waals surface area contributed by atoms with Crippen molar-refractivity contribution >= 4 is 33.0 Å². The zero-order chi connectivity index (χ0) is 18.8. The highest BCUT2D eigenvalue weighted by Crippen LogP contribution is 2.33. The summed E-state index contributed by atoms with van der Waals surface area (Å²) in [5.41, 5.74) is 0.419. The predicted octanol–water partition coefficient (Wildman–Crippen LogP) is 2.91. The maximum atomic E-state index is 12.9. The Morgan fingerprint density at radius 2 is 2.04 bits per heavy atom. The summed E-state index contributed by atoms with van der Waals surface area (Å²) in [7, 11) is -0.757. The van der Waals surface area contributed by atoms with E-state index in [9.17, 15) is 21.6 Å². The first-order valence-electron chi connectivity index (χ1n) is 7.67. The largest absolute Gasteiger partial charge is 0.393 e. The number of halogens is 3. The number of hydrogen-bond donors (Lipinski definition) is 1. The van der Waals surface area contributed by atoms with E-state index in [0.717, 1.165) is 4.31 Å². The number of likely N-dealkylation sites (tertiary alicyclic amines) is 1. The number of piperidine rings is 1. The molecule has 1 unspecified atom stereocenters. The Hall–Kier alpha value is -1.39. The molecule has 1 aliphatic heterocycles. The van der Waals surface area contributed by atoms with Crippen molar-refractivity contribution in [2.45, 2.75) is 23.9 Å². The van der Waals surface area contributed by atoms with Gasteiger partial charge in [-0.3, -0.25) is 0 Å². The van der Waals surface area contributed by atoms with Crippen molar-refractivity contribution in [1.29, 1.82) is 0 Å². The Bertz CT molecular complexity index is 736. The fourth-order valence-corrected chi connectivity index (χ4v) is 3.81. The van der Waals surface area contributed by atoms with Crippen molar-refractivity contribution < 1.29 is 21.6 Å². The summed E-state index contributed by atoms with van der Waals surface area (Å²) >= 11 is 5.21. The molecule has 0 radical (unpaired) electrons. The first-order valence-corrected chi connectivity index (χ1v) is 9.52. The molecule has 2 rings (SSSR count). The lowest BCUT2D eigenvalue weighted by Crippen LogP contribution is -2.46. The molecule has 0 aromatic heterocycles. The van der Waals surface area contributed by atoms with Gasteiger partial charge in [-0.05, 0) is 43.3 Å². The van der Waals surface area contributed by atoms with E-state index in [4.69, 9.17) is 12.2 Å². The van der Waals surface area contributed by atoms with Crippen molar-refractivity contribution in [1.82, 2.24) is 9.21 Å². The average Bonchev–Trinajstić information content (AvgIpc) is 2.54. The standard InChI is InChI=1S/C15H20F3N3O2S2/c1-20(2)25(22,23)13-7-3-6-12(9-13)19-14(24)21-8-4-5-11(10-21)15(16,17)18/h3,6-7,9,11H,4-5,8,10H2,1-2H3,(H,19,24). The third-order valence-electron chi connectivity index (χ3n) is 4.04. The molecule has 0 amide bonds. The quantitative estimate of drug-likeness (QED) is 0.798. The van der Waals surface area contributed by atoms with E-state index >= 15 is 0 Å². The van der Waals surface area contributed by atoms with E-state index in [1.807, 2.05) is 0 Å². The molecule has 0 spiro atoms. The Balaban J connectivity index is 2.11. The van der Waals surface area contributed by atoms with Gasteiger partial charge in [0.05, 0.1) is 10.8 Å². The van der Waals surface area contributed by atoms with Gasteiger partial charge in [-0.2, -0.15) is 13.2 Å². The van der Waals surface area contributed by atoms with Crippen molar-refractivity contribution in [3.05, 3.63) is 24.3 Å². The third-order valence-corrected chi connectivity index (χ3v) is 6.21. The molecule has 0 aliphatic carbocycles. The topological polar surface area (TPSA) is 52.7 Å². The molecule has 0 bridgehead atoms. The molecule has 1 aliphatic rings. The summed E-state index contributed by atoms with van der Waals surface area (Å²) in [6.07, 6.45) is -3.74. The Morgan fingerprint density at radius 1 is 1.36 bits per heavy atom. The van der Waals surface area contributed by atoms with Gasteiger partial charge in [-0.1, -0.05) is 6.07 Å². The number of hydrogen-bond acceptors (Lipinski definition) is 3. The highest BCUT2D eigenvalue weighted by atomic mass is 32.2. The monoisotopic (exact) mass is 395 g/mol. The number of nitrogens with one attached hydrogen (secondary N) is 1. The van der Waals surface area contributed by atoms with Gasteiger partial charge in [-0.25, -0.2) is 12.7 Å². The van der Waals surface area contributed by atoms with Crippen molar-refractivity contribution in [2.24, 2.45) is 5.92 Å². The van der Waals surface area contributed by atoms with E-state index in [-0.39, 0.29) is 23.0 Å². The minimum absolute atomic E-state index is 0.0807. The van der Waals surface area contributed by atoms with Crippen LogP contribution < -0.4 is 5.32 Å². The van der Waals surface area contributed by atoms with Gasteiger partial charge < -0.3 is 10.2 Å². The molecular weight excluding hydrogens is 375 g/mol. The first-order chi connectivity index (χ1) is 11.5. The van der Waals surface area contributed by atoms with Crippen molar-refractivity contribution in [3.63, 3.8) is 0 Å². The van der Waals surface area contributed by atoms with Crippen LogP contribution in [0.25, 0.3) is 0 Å². The lowest BCUT2D eigenvalue weighted by Gasteiger charge is -2.35. The fourth-order valence-electron chi connectivity index (χ4n) is 2.58. The summed E-state index contributed by atoms with van der Waals surface area (Å²) in [5, 5.41) is 3.00. The van der Waals surface area contributed by atoms with Crippen LogP contribution in [0.4, 0.5) is 18.9 Å². The minimum atomic E-state index is -4.24. The normalized spacial score (nSPS) is 19.1. The second-order valence-electron chi connectivity index (χ2n) is 6.07. The van der Waals surface area contributed by atoms with Crippen LogP contribution in [0, 0.1) is 5.92 Å². The highest BCUT2D eigenvalue weighted by molar-refractivity contribution is 7.89. The minimum Gasteiger partial charge on any atom is -0.348 e. The van der Waals surface area contributed by atoms with Gasteiger partial charge in [0.25, 0.3) is 0 Å². The number of sulfonamides is 1. The number of thiocarbonyl (C=S) groups is 1. The maximum Gasteiger partial charge on any atom is 0.393 e. The molecule has 1 atom stereocenters. The molecule has 25 heavy (non-hydrogen) atoms. The molecule has 140 valence electrons. The number of rotatable bonds is 3. The van der Waals surface area contributed by atoms with Gasteiger partial charge in [0, 0.05) is 32.9 Å². The van der Waals surface area contributed by atoms with E-state index < -0.39 is 22.1 Å². The summed E-state index contributed by atoms with van der Waals surface area (Å²) in [5.74, 6) is -1.40. The van der Waals surface area contributed by atoms with Gasteiger partial charge >= 0.3 is 6.18 Å². The van der Waals surface area contributed by atoms with Crippen molar-refractivity contribution in [2.75, 3.05) is 32.5 Å². The highest BCUT2D eigenvalue weighted by Gasteiger charge is 2.42. The zero-order valence-corrected chi connectivity index (χ0v) is 15.5. The molecular formula is C15H20F3N3O2S2. The van der Waals surface area contributed by atoms with Gasteiger partial charge in [0.2, 0.25) is 10.0 Å². The van der Waals surface area contributed by atoms with Crippen LogP contribution in [0.1, 0.15) is 12.8 Å². The summed E-state index contributed by atoms with van der Waals surface area (Å²) < 4.78 is 64.1. The summed E-state index contributed by atoms with van der Waals surface area (Å²) in [6.45, 7) is 0.249. The van der Waals surface area contributed by atoms with Crippen LogP contribution in [0.5, 0.6) is 0 Å². The number of anilines is 1. The smallest absolute Gasteiger partial charge is 0.348 e. The Kier molecular flexibility index (Phi) is 5.95. The average molecular weight is 395 g/mol. The van der Waals surface area contributed by atoms with Crippen LogP contribution >= 0.6 is 12.2 Å². The summed E-state index contributed by atoms with van der Waals surface area (Å²) in [6, 6.07) is 6.03.